The molecule has 2 aromatic heterocycles. The van der Waals surface area contributed by atoms with E-state index >= 15 is 0 Å². The molecule has 0 amide bonds. The SMILES string of the molecule is c1cc(-c2cccc3ccccc23)cc(N(c2ccc(-c3ccccc3-n3c4ccccc4c4ccccc43)cc2)c2ccccc2-c2cccc3oc4c5ccccc5ccc4c23)c1. The van der Waals surface area contributed by atoms with Crippen LogP contribution in [0, 0.1) is 0 Å². The summed E-state index contributed by atoms with van der Waals surface area (Å²) in [6, 6.07) is 87.7. The van der Waals surface area contributed by atoms with Gasteiger partial charge in [-0.05, 0) is 99.1 Å². The fourth-order valence-corrected chi connectivity index (χ4v) is 10.3. The number of furan rings is 1. The Morgan fingerprint density at radius 2 is 0.923 bits per heavy atom. The molecule has 3 nitrogen and oxygen atoms in total. The number of aromatic nitrogens is 1. The van der Waals surface area contributed by atoms with Gasteiger partial charge in [-0.3, -0.25) is 0 Å². The van der Waals surface area contributed by atoms with E-state index in [0.717, 1.165) is 72.3 Å². The zero-order valence-electron chi connectivity index (χ0n) is 35.4. The van der Waals surface area contributed by atoms with Crippen LogP contribution in [0.25, 0.3) is 104 Å². The van der Waals surface area contributed by atoms with Crippen LogP contribution >= 0.6 is 0 Å². The van der Waals surface area contributed by atoms with Crippen LogP contribution in [0.5, 0.6) is 0 Å². The molecular formula is C62H40N2O. The molecule has 0 saturated carbocycles. The lowest BCUT2D eigenvalue weighted by Crippen LogP contribution is -2.11. The predicted octanol–water partition coefficient (Wildman–Crippen LogP) is 17.5. The van der Waals surface area contributed by atoms with Gasteiger partial charge < -0.3 is 13.9 Å². The topological polar surface area (TPSA) is 21.3 Å². The summed E-state index contributed by atoms with van der Waals surface area (Å²) in [5.74, 6) is 0. The highest BCUT2D eigenvalue weighted by atomic mass is 16.3. The summed E-state index contributed by atoms with van der Waals surface area (Å²) in [4.78, 5) is 2.42. The Bertz CT molecular complexity index is 3910. The van der Waals surface area contributed by atoms with Gasteiger partial charge in [0.25, 0.3) is 0 Å². The van der Waals surface area contributed by atoms with Crippen molar-refractivity contribution in [3.05, 3.63) is 243 Å². The van der Waals surface area contributed by atoms with Crippen LogP contribution in [0.15, 0.2) is 247 Å². The normalized spacial score (nSPS) is 11.7. The lowest BCUT2D eigenvalue weighted by atomic mass is 9.95. The monoisotopic (exact) mass is 828 g/mol. The molecule has 0 aliphatic heterocycles. The number of rotatable bonds is 7. The van der Waals surface area contributed by atoms with Crippen molar-refractivity contribution in [2.24, 2.45) is 0 Å². The molecule has 13 rings (SSSR count). The highest BCUT2D eigenvalue weighted by Crippen LogP contribution is 2.47. The molecule has 13 aromatic rings. The van der Waals surface area contributed by atoms with Crippen molar-refractivity contribution < 1.29 is 4.42 Å². The van der Waals surface area contributed by atoms with Gasteiger partial charge in [-0.25, -0.2) is 0 Å². The first-order valence-electron chi connectivity index (χ1n) is 22.3. The highest BCUT2D eigenvalue weighted by molar-refractivity contribution is 6.20. The lowest BCUT2D eigenvalue weighted by molar-refractivity contribution is 0.673. The van der Waals surface area contributed by atoms with Crippen LogP contribution in [0.4, 0.5) is 17.1 Å². The van der Waals surface area contributed by atoms with E-state index in [1.54, 1.807) is 0 Å². The second-order valence-corrected chi connectivity index (χ2v) is 16.8. The maximum Gasteiger partial charge on any atom is 0.143 e. The van der Waals surface area contributed by atoms with Gasteiger partial charge in [0.1, 0.15) is 11.2 Å². The second kappa shape index (κ2) is 15.0. The van der Waals surface area contributed by atoms with E-state index in [1.165, 1.54) is 49.1 Å². The Kier molecular flexibility index (Phi) is 8.53. The van der Waals surface area contributed by atoms with Gasteiger partial charge in [-0.1, -0.05) is 182 Å². The standard InChI is InChI=1S/C62H40N2O/c1-3-21-47-41(16-1)18-14-27-48(47)44-19-13-20-46(40-44)63(57-30-10-8-26-53(57)54-28-15-33-60-61(54)55-39-36-42-17-2-4-23-50(42)62(55)65-60)45-37-34-43(35-38-45)49-22-5-9-29-56(49)64-58-31-11-6-24-51(58)52-25-7-12-32-59(52)64/h1-40H. The Morgan fingerprint density at radius 1 is 0.338 bits per heavy atom. The summed E-state index contributed by atoms with van der Waals surface area (Å²) in [7, 11) is 0. The third kappa shape index (κ3) is 5.97. The minimum Gasteiger partial charge on any atom is -0.455 e. The molecule has 0 spiro atoms. The van der Waals surface area contributed by atoms with Crippen molar-refractivity contribution in [3.8, 4) is 39.1 Å². The summed E-state index contributed by atoms with van der Waals surface area (Å²) in [5.41, 5.74) is 15.4. The van der Waals surface area contributed by atoms with Crippen molar-refractivity contribution in [2.45, 2.75) is 0 Å². The molecule has 0 fully saturated rings. The molecule has 0 unspecified atom stereocenters. The van der Waals surface area contributed by atoms with Gasteiger partial charge >= 0.3 is 0 Å². The van der Waals surface area contributed by atoms with E-state index < -0.39 is 0 Å². The van der Waals surface area contributed by atoms with Gasteiger partial charge in [0.05, 0.1) is 22.4 Å². The zero-order valence-corrected chi connectivity index (χ0v) is 35.4. The average molecular weight is 829 g/mol. The van der Waals surface area contributed by atoms with Crippen LogP contribution in [0.3, 0.4) is 0 Å². The van der Waals surface area contributed by atoms with E-state index in [1.807, 2.05) is 0 Å². The smallest absolute Gasteiger partial charge is 0.143 e. The van der Waals surface area contributed by atoms with Crippen molar-refractivity contribution >= 4 is 82.4 Å². The summed E-state index contributed by atoms with van der Waals surface area (Å²) >= 11 is 0. The zero-order chi connectivity index (χ0) is 42.8. The Labute approximate surface area is 376 Å². The molecule has 0 atom stereocenters. The number of hydrogen-bond acceptors (Lipinski definition) is 2. The maximum atomic E-state index is 6.72. The van der Waals surface area contributed by atoms with Gasteiger partial charge in [0.2, 0.25) is 0 Å². The molecule has 0 N–H and O–H groups in total. The number of anilines is 3. The number of para-hydroxylation sites is 4. The number of nitrogens with zero attached hydrogens (tertiary/aromatic N) is 2. The van der Waals surface area contributed by atoms with E-state index in [-0.39, 0.29) is 0 Å². The van der Waals surface area contributed by atoms with Crippen LogP contribution in [-0.2, 0) is 0 Å². The van der Waals surface area contributed by atoms with Crippen molar-refractivity contribution in [1.29, 1.82) is 0 Å². The van der Waals surface area contributed by atoms with Crippen molar-refractivity contribution in [3.63, 3.8) is 0 Å². The first kappa shape index (κ1) is 36.9. The molecule has 65 heavy (non-hydrogen) atoms. The highest BCUT2D eigenvalue weighted by Gasteiger charge is 2.22. The summed E-state index contributed by atoms with van der Waals surface area (Å²) < 4.78 is 9.14. The fraction of sp³-hybridized carbons (Fsp3) is 0. The van der Waals surface area contributed by atoms with Crippen molar-refractivity contribution in [2.75, 3.05) is 4.90 Å². The molecule has 0 saturated heterocycles. The van der Waals surface area contributed by atoms with E-state index in [4.69, 9.17) is 4.42 Å². The number of benzene rings is 11. The maximum absolute atomic E-state index is 6.72. The first-order chi connectivity index (χ1) is 32.3. The minimum absolute atomic E-state index is 0.874. The largest absolute Gasteiger partial charge is 0.455 e. The average Bonchev–Trinajstić information content (AvgIpc) is 3.93. The Morgan fingerprint density at radius 3 is 1.72 bits per heavy atom. The quantitative estimate of drug-likeness (QED) is 0.160. The van der Waals surface area contributed by atoms with Crippen molar-refractivity contribution in [1.82, 2.24) is 4.57 Å². The Hall–Kier alpha value is -8.66. The van der Waals surface area contributed by atoms with Crippen LogP contribution < -0.4 is 4.90 Å². The third-order valence-corrected chi connectivity index (χ3v) is 13.2. The third-order valence-electron chi connectivity index (χ3n) is 13.2. The minimum atomic E-state index is 0.874. The lowest BCUT2D eigenvalue weighted by Gasteiger charge is -2.29. The molecule has 0 radical (unpaired) electrons. The first-order valence-corrected chi connectivity index (χ1v) is 22.3. The fourth-order valence-electron chi connectivity index (χ4n) is 10.3. The second-order valence-electron chi connectivity index (χ2n) is 16.8. The summed E-state index contributed by atoms with van der Waals surface area (Å²) in [5, 5.41) is 9.47. The molecule has 0 aliphatic carbocycles. The van der Waals surface area contributed by atoms with E-state index in [9.17, 15) is 0 Å². The molecule has 0 bridgehead atoms. The molecule has 304 valence electrons. The molecule has 2 heterocycles. The van der Waals surface area contributed by atoms with E-state index in [2.05, 4.69) is 252 Å². The molecule has 0 aliphatic rings. The van der Waals surface area contributed by atoms with Crippen LogP contribution in [0.2, 0.25) is 0 Å². The van der Waals surface area contributed by atoms with Gasteiger partial charge in [0.15, 0.2) is 0 Å². The molecule has 3 heteroatoms. The summed E-state index contributed by atoms with van der Waals surface area (Å²) in [6.07, 6.45) is 0. The predicted molar refractivity (Wildman–Crippen MR) is 274 cm³/mol. The van der Waals surface area contributed by atoms with Gasteiger partial charge in [-0.2, -0.15) is 0 Å². The molecular weight excluding hydrogens is 789 g/mol. The van der Waals surface area contributed by atoms with Gasteiger partial charge in [0, 0.05) is 49.4 Å². The van der Waals surface area contributed by atoms with Crippen LogP contribution in [-0.4, -0.2) is 4.57 Å². The summed E-state index contributed by atoms with van der Waals surface area (Å²) in [6.45, 7) is 0. The van der Waals surface area contributed by atoms with Crippen LogP contribution in [0.1, 0.15) is 0 Å². The molecule has 11 aromatic carbocycles. The Balaban J connectivity index is 1.00. The number of hydrogen-bond donors (Lipinski definition) is 0. The number of fused-ring (bicyclic) bond motifs is 9. The van der Waals surface area contributed by atoms with E-state index in [0.29, 0.717) is 0 Å². The van der Waals surface area contributed by atoms with Gasteiger partial charge in [-0.15, -0.1) is 0 Å².